The number of carboxylic acids is 1. The van der Waals surface area contributed by atoms with Crippen molar-refractivity contribution in [2.24, 2.45) is 0 Å². The summed E-state index contributed by atoms with van der Waals surface area (Å²) >= 11 is 1.99. The molecule has 0 radical (unpaired) electrons. The van der Waals surface area contributed by atoms with Gasteiger partial charge in [-0.25, -0.2) is 9.78 Å². The SMILES string of the molecule is O=C(O)/C=C/c1ccc2nc(I)oc2c1. The predicted molar refractivity (Wildman–Crippen MR) is 63.4 cm³/mol. The van der Waals surface area contributed by atoms with Gasteiger partial charge in [0.25, 0.3) is 3.90 Å². The first-order chi connectivity index (χ1) is 7.15. The van der Waals surface area contributed by atoms with Crippen molar-refractivity contribution < 1.29 is 14.3 Å². The summed E-state index contributed by atoms with van der Waals surface area (Å²) in [5.41, 5.74) is 2.20. The van der Waals surface area contributed by atoms with Crippen LogP contribution in [-0.2, 0) is 4.79 Å². The molecule has 1 aromatic carbocycles. The third-order valence-electron chi connectivity index (χ3n) is 1.80. The molecule has 0 fully saturated rings. The molecule has 0 unspecified atom stereocenters. The highest BCUT2D eigenvalue weighted by molar-refractivity contribution is 14.1. The quantitative estimate of drug-likeness (QED) is 0.683. The zero-order valence-electron chi connectivity index (χ0n) is 7.48. The van der Waals surface area contributed by atoms with E-state index in [9.17, 15) is 4.79 Å². The maximum absolute atomic E-state index is 10.3. The molecule has 0 amide bonds. The fourth-order valence-corrected chi connectivity index (χ4v) is 1.68. The molecule has 0 saturated carbocycles. The number of halogens is 1. The summed E-state index contributed by atoms with van der Waals surface area (Å²) in [5.74, 6) is -0.970. The second-order valence-corrected chi connectivity index (χ2v) is 3.79. The Morgan fingerprint density at radius 3 is 3.07 bits per heavy atom. The fraction of sp³-hybridized carbons (Fsp3) is 0. The van der Waals surface area contributed by atoms with E-state index in [-0.39, 0.29) is 0 Å². The fourth-order valence-electron chi connectivity index (χ4n) is 1.18. The van der Waals surface area contributed by atoms with Crippen molar-refractivity contribution in [1.82, 2.24) is 4.98 Å². The van der Waals surface area contributed by atoms with Crippen LogP contribution in [0.4, 0.5) is 0 Å². The topological polar surface area (TPSA) is 63.3 Å². The number of oxazole rings is 1. The molecular weight excluding hydrogens is 309 g/mol. The lowest BCUT2D eigenvalue weighted by atomic mass is 10.2. The molecule has 1 aromatic heterocycles. The van der Waals surface area contributed by atoms with Gasteiger partial charge in [-0.05, 0) is 23.8 Å². The van der Waals surface area contributed by atoms with E-state index in [1.165, 1.54) is 6.08 Å². The van der Waals surface area contributed by atoms with Gasteiger partial charge in [-0.15, -0.1) is 0 Å². The van der Waals surface area contributed by atoms with Crippen molar-refractivity contribution in [3.05, 3.63) is 33.7 Å². The van der Waals surface area contributed by atoms with Crippen molar-refractivity contribution in [2.75, 3.05) is 0 Å². The lowest BCUT2D eigenvalue weighted by molar-refractivity contribution is -0.131. The Kier molecular flexibility index (Phi) is 2.72. The number of rotatable bonds is 2. The van der Waals surface area contributed by atoms with Crippen LogP contribution in [0, 0.1) is 3.90 Å². The molecule has 1 heterocycles. The largest absolute Gasteiger partial charge is 0.478 e. The van der Waals surface area contributed by atoms with Crippen LogP contribution in [0.5, 0.6) is 0 Å². The lowest BCUT2D eigenvalue weighted by Gasteiger charge is -1.90. The molecule has 0 saturated heterocycles. The van der Waals surface area contributed by atoms with E-state index in [0.29, 0.717) is 9.48 Å². The average Bonchev–Trinajstić information content (AvgIpc) is 2.53. The van der Waals surface area contributed by atoms with E-state index in [0.717, 1.165) is 17.2 Å². The Labute approximate surface area is 98.7 Å². The molecule has 0 aliphatic rings. The van der Waals surface area contributed by atoms with Crippen molar-refractivity contribution >= 4 is 45.7 Å². The zero-order chi connectivity index (χ0) is 10.8. The number of fused-ring (bicyclic) bond motifs is 1. The van der Waals surface area contributed by atoms with Gasteiger partial charge >= 0.3 is 5.97 Å². The number of carbonyl (C=O) groups is 1. The van der Waals surface area contributed by atoms with E-state index in [1.54, 1.807) is 18.2 Å². The Balaban J connectivity index is 2.42. The molecule has 0 aliphatic carbocycles. The van der Waals surface area contributed by atoms with Gasteiger partial charge in [-0.2, -0.15) is 0 Å². The van der Waals surface area contributed by atoms with E-state index < -0.39 is 5.97 Å². The highest BCUT2D eigenvalue weighted by Crippen LogP contribution is 2.18. The second kappa shape index (κ2) is 4.01. The van der Waals surface area contributed by atoms with Crippen molar-refractivity contribution in [1.29, 1.82) is 0 Å². The molecule has 76 valence electrons. The van der Waals surface area contributed by atoms with Crippen molar-refractivity contribution in [2.45, 2.75) is 0 Å². The molecule has 5 heteroatoms. The first-order valence-electron chi connectivity index (χ1n) is 4.12. The average molecular weight is 315 g/mol. The first kappa shape index (κ1) is 10.2. The van der Waals surface area contributed by atoms with Crippen molar-refractivity contribution in [3.63, 3.8) is 0 Å². The minimum absolute atomic E-state index is 0.571. The molecule has 1 N–H and O–H groups in total. The number of nitrogens with zero attached hydrogens (tertiary/aromatic N) is 1. The number of aliphatic carboxylic acids is 1. The summed E-state index contributed by atoms with van der Waals surface area (Å²) in [6.07, 6.45) is 2.60. The highest BCUT2D eigenvalue weighted by atomic mass is 127. The van der Waals surface area contributed by atoms with Gasteiger partial charge in [0.15, 0.2) is 5.58 Å². The van der Waals surface area contributed by atoms with E-state index in [2.05, 4.69) is 4.98 Å². The predicted octanol–water partition coefficient (Wildman–Crippen LogP) is 2.53. The van der Waals surface area contributed by atoms with Crippen LogP contribution >= 0.6 is 22.6 Å². The molecule has 2 rings (SSSR count). The van der Waals surface area contributed by atoms with Gasteiger partial charge in [-0.1, -0.05) is 6.07 Å². The number of hydrogen-bond acceptors (Lipinski definition) is 3. The monoisotopic (exact) mass is 315 g/mol. The summed E-state index contributed by atoms with van der Waals surface area (Å²) in [7, 11) is 0. The van der Waals surface area contributed by atoms with Crippen LogP contribution in [0.1, 0.15) is 5.56 Å². The molecule has 0 atom stereocenters. The minimum atomic E-state index is -0.970. The number of hydrogen-bond donors (Lipinski definition) is 1. The smallest absolute Gasteiger partial charge is 0.328 e. The maximum atomic E-state index is 10.3. The van der Waals surface area contributed by atoms with Crippen LogP contribution < -0.4 is 0 Å². The van der Waals surface area contributed by atoms with Gasteiger partial charge < -0.3 is 9.52 Å². The minimum Gasteiger partial charge on any atom is -0.478 e. The Morgan fingerprint density at radius 2 is 2.33 bits per heavy atom. The summed E-state index contributed by atoms with van der Waals surface area (Å²) < 4.78 is 5.88. The maximum Gasteiger partial charge on any atom is 0.328 e. The second-order valence-electron chi connectivity index (χ2n) is 2.87. The number of carboxylic acid groups (broad SMARTS) is 1. The Morgan fingerprint density at radius 1 is 1.53 bits per heavy atom. The molecule has 4 nitrogen and oxygen atoms in total. The summed E-state index contributed by atoms with van der Waals surface area (Å²) in [6, 6.07) is 5.34. The Hall–Kier alpha value is -1.37. The van der Waals surface area contributed by atoms with Crippen LogP contribution in [0.15, 0.2) is 28.7 Å². The molecule has 0 spiro atoms. The van der Waals surface area contributed by atoms with Gasteiger partial charge in [0.1, 0.15) is 5.52 Å². The number of benzene rings is 1. The number of aromatic nitrogens is 1. The van der Waals surface area contributed by atoms with Crippen LogP contribution in [0.2, 0.25) is 0 Å². The van der Waals surface area contributed by atoms with Gasteiger partial charge in [-0.3, -0.25) is 0 Å². The highest BCUT2D eigenvalue weighted by Gasteiger charge is 2.02. The van der Waals surface area contributed by atoms with Gasteiger partial charge in [0, 0.05) is 28.7 Å². The summed E-state index contributed by atoms with van der Waals surface area (Å²) in [4.78, 5) is 14.4. The normalized spacial score (nSPS) is 11.3. The van der Waals surface area contributed by atoms with E-state index in [1.807, 2.05) is 22.6 Å². The molecule has 15 heavy (non-hydrogen) atoms. The third kappa shape index (κ3) is 2.35. The summed E-state index contributed by atoms with van der Waals surface area (Å²) in [5, 5.41) is 8.47. The zero-order valence-corrected chi connectivity index (χ0v) is 9.63. The van der Waals surface area contributed by atoms with Crippen LogP contribution in [0.25, 0.3) is 17.2 Å². The Bertz CT molecular complexity index is 545. The van der Waals surface area contributed by atoms with Crippen molar-refractivity contribution in [3.8, 4) is 0 Å². The lowest BCUT2D eigenvalue weighted by Crippen LogP contribution is -1.85. The summed E-state index contributed by atoms with van der Waals surface area (Å²) in [6.45, 7) is 0. The third-order valence-corrected chi connectivity index (χ3v) is 2.27. The standard InChI is InChI=1S/C10H6INO3/c11-10-12-7-3-1-6(2-4-9(13)14)5-8(7)15-10/h1-5H,(H,13,14)/b4-2+. The van der Waals surface area contributed by atoms with Gasteiger partial charge in [0.05, 0.1) is 0 Å². The molecule has 0 bridgehead atoms. The van der Waals surface area contributed by atoms with Crippen LogP contribution in [-0.4, -0.2) is 16.1 Å². The van der Waals surface area contributed by atoms with E-state index >= 15 is 0 Å². The molecule has 0 aliphatic heterocycles. The van der Waals surface area contributed by atoms with E-state index in [4.69, 9.17) is 9.52 Å². The molecular formula is C10H6INO3. The van der Waals surface area contributed by atoms with Gasteiger partial charge in [0.2, 0.25) is 0 Å². The molecule has 2 aromatic rings. The van der Waals surface area contributed by atoms with Crippen LogP contribution in [0.3, 0.4) is 0 Å². The first-order valence-corrected chi connectivity index (χ1v) is 5.20.